The van der Waals surface area contributed by atoms with Gasteiger partial charge in [-0.05, 0) is 19.9 Å². The molecule has 102 valence electrons. The summed E-state index contributed by atoms with van der Waals surface area (Å²) >= 11 is 0. The second-order valence-corrected chi connectivity index (χ2v) is 4.53. The van der Waals surface area contributed by atoms with E-state index in [0.717, 1.165) is 0 Å². The van der Waals surface area contributed by atoms with Crippen molar-refractivity contribution >= 4 is 22.7 Å². The van der Waals surface area contributed by atoms with E-state index in [1.807, 2.05) is 18.7 Å². The molecule has 2 aromatic rings. The van der Waals surface area contributed by atoms with Crippen molar-refractivity contribution in [1.29, 1.82) is 0 Å². The van der Waals surface area contributed by atoms with E-state index < -0.39 is 4.92 Å². The number of non-ortho nitro benzene ring substituents is 1. The number of aliphatic hydroxyl groups excluding tert-OH is 1. The number of hydrogen-bond acceptors (Lipinski definition) is 5. The maximum atomic E-state index is 10.7. The van der Waals surface area contributed by atoms with Gasteiger partial charge < -0.3 is 15.0 Å². The molecule has 2 N–H and O–H groups in total. The first kappa shape index (κ1) is 13.3. The summed E-state index contributed by atoms with van der Waals surface area (Å²) in [5.41, 5.74) is 1.32. The molecule has 0 saturated heterocycles. The van der Waals surface area contributed by atoms with Crippen LogP contribution >= 0.6 is 0 Å². The molecule has 0 aliphatic rings. The largest absolute Gasteiger partial charge is 0.395 e. The van der Waals surface area contributed by atoms with E-state index in [9.17, 15) is 10.1 Å². The SMILES string of the molecule is CC(C)N(CCO)c1nc2ccc([N+](=O)[O-])cc2[nH]1. The number of nitro groups is 1. The molecule has 0 spiro atoms. The van der Waals surface area contributed by atoms with Gasteiger partial charge in [-0.3, -0.25) is 10.1 Å². The van der Waals surface area contributed by atoms with Gasteiger partial charge in [0.05, 0.1) is 22.6 Å². The summed E-state index contributed by atoms with van der Waals surface area (Å²) in [5, 5.41) is 19.8. The Kier molecular flexibility index (Phi) is 3.66. The van der Waals surface area contributed by atoms with Crippen molar-refractivity contribution in [3.05, 3.63) is 28.3 Å². The molecule has 0 radical (unpaired) electrons. The summed E-state index contributed by atoms with van der Waals surface area (Å²) in [6, 6.07) is 4.68. The van der Waals surface area contributed by atoms with Crippen molar-refractivity contribution in [2.75, 3.05) is 18.1 Å². The number of nitro benzene ring substituents is 1. The van der Waals surface area contributed by atoms with Gasteiger partial charge in [0.2, 0.25) is 5.95 Å². The van der Waals surface area contributed by atoms with Crippen LogP contribution in [0, 0.1) is 10.1 Å². The zero-order chi connectivity index (χ0) is 14.0. The Balaban J connectivity index is 2.42. The Labute approximate surface area is 110 Å². The van der Waals surface area contributed by atoms with Crippen LogP contribution in [0.1, 0.15) is 13.8 Å². The van der Waals surface area contributed by atoms with Crippen molar-refractivity contribution in [1.82, 2.24) is 9.97 Å². The first-order valence-corrected chi connectivity index (χ1v) is 6.04. The molecule has 19 heavy (non-hydrogen) atoms. The number of benzene rings is 1. The van der Waals surface area contributed by atoms with Gasteiger partial charge in [0.25, 0.3) is 5.69 Å². The van der Waals surface area contributed by atoms with Gasteiger partial charge in [0, 0.05) is 24.7 Å². The number of rotatable bonds is 5. The number of H-pyrrole nitrogens is 1. The van der Waals surface area contributed by atoms with Crippen molar-refractivity contribution in [2.45, 2.75) is 19.9 Å². The zero-order valence-electron chi connectivity index (χ0n) is 10.8. The molecule has 0 bridgehead atoms. The zero-order valence-corrected chi connectivity index (χ0v) is 10.8. The van der Waals surface area contributed by atoms with Crippen LogP contribution in [0.2, 0.25) is 0 Å². The van der Waals surface area contributed by atoms with Crippen molar-refractivity contribution in [2.24, 2.45) is 0 Å². The van der Waals surface area contributed by atoms with Gasteiger partial charge in [-0.1, -0.05) is 0 Å². The van der Waals surface area contributed by atoms with E-state index in [-0.39, 0.29) is 18.3 Å². The topological polar surface area (TPSA) is 95.3 Å². The lowest BCUT2D eigenvalue weighted by atomic mass is 10.3. The lowest BCUT2D eigenvalue weighted by Gasteiger charge is -2.24. The summed E-state index contributed by atoms with van der Waals surface area (Å²) in [6.07, 6.45) is 0. The molecule has 2 rings (SSSR count). The number of aromatic nitrogens is 2. The summed E-state index contributed by atoms with van der Waals surface area (Å²) in [7, 11) is 0. The van der Waals surface area contributed by atoms with Gasteiger partial charge in [0.1, 0.15) is 0 Å². The molecule has 1 aromatic heterocycles. The number of hydrogen-bond donors (Lipinski definition) is 2. The third-order valence-electron chi connectivity index (χ3n) is 2.90. The maximum absolute atomic E-state index is 10.7. The lowest BCUT2D eigenvalue weighted by Crippen LogP contribution is -2.34. The first-order chi connectivity index (χ1) is 9.02. The van der Waals surface area contributed by atoms with E-state index >= 15 is 0 Å². The number of fused-ring (bicyclic) bond motifs is 1. The highest BCUT2D eigenvalue weighted by Crippen LogP contribution is 2.22. The van der Waals surface area contributed by atoms with Crippen LogP contribution in [0.25, 0.3) is 11.0 Å². The Morgan fingerprint density at radius 2 is 2.26 bits per heavy atom. The molecule has 1 aromatic carbocycles. The van der Waals surface area contributed by atoms with E-state index in [2.05, 4.69) is 9.97 Å². The molecule has 1 heterocycles. The first-order valence-electron chi connectivity index (χ1n) is 6.04. The highest BCUT2D eigenvalue weighted by atomic mass is 16.6. The van der Waals surface area contributed by atoms with Gasteiger partial charge in [-0.25, -0.2) is 4.98 Å². The summed E-state index contributed by atoms with van der Waals surface area (Å²) in [6.45, 7) is 4.46. The normalized spacial score (nSPS) is 11.2. The van der Waals surface area contributed by atoms with Crippen LogP contribution < -0.4 is 4.90 Å². The maximum Gasteiger partial charge on any atom is 0.271 e. The Hall–Kier alpha value is -2.15. The molecule has 0 aliphatic carbocycles. The predicted octanol–water partition coefficient (Wildman–Crippen LogP) is 1.68. The van der Waals surface area contributed by atoms with Crippen LogP contribution in [0.15, 0.2) is 18.2 Å². The molecule has 7 nitrogen and oxygen atoms in total. The minimum atomic E-state index is -0.437. The van der Waals surface area contributed by atoms with E-state index in [1.165, 1.54) is 12.1 Å². The van der Waals surface area contributed by atoms with E-state index in [0.29, 0.717) is 23.5 Å². The molecular weight excluding hydrogens is 248 g/mol. The second-order valence-electron chi connectivity index (χ2n) is 4.53. The highest BCUT2D eigenvalue weighted by Gasteiger charge is 2.15. The smallest absolute Gasteiger partial charge is 0.271 e. The van der Waals surface area contributed by atoms with Crippen molar-refractivity contribution in [3.63, 3.8) is 0 Å². The summed E-state index contributed by atoms with van der Waals surface area (Å²) in [5.74, 6) is 0.611. The second kappa shape index (κ2) is 5.23. The van der Waals surface area contributed by atoms with E-state index in [4.69, 9.17) is 5.11 Å². The number of aliphatic hydroxyl groups is 1. The fraction of sp³-hybridized carbons (Fsp3) is 0.417. The molecule has 0 atom stereocenters. The fourth-order valence-electron chi connectivity index (χ4n) is 1.95. The molecule has 0 aliphatic heterocycles. The Morgan fingerprint density at radius 3 is 2.84 bits per heavy atom. The van der Waals surface area contributed by atoms with Crippen LogP contribution in [0.4, 0.5) is 11.6 Å². The quantitative estimate of drug-likeness (QED) is 0.632. The van der Waals surface area contributed by atoms with Crippen LogP contribution in [-0.4, -0.2) is 39.2 Å². The van der Waals surface area contributed by atoms with Crippen molar-refractivity contribution in [3.8, 4) is 0 Å². The molecule has 0 fully saturated rings. The molecule has 0 saturated carbocycles. The number of aromatic amines is 1. The van der Waals surface area contributed by atoms with Gasteiger partial charge in [-0.2, -0.15) is 0 Å². The average Bonchev–Trinajstić information content (AvgIpc) is 2.77. The number of imidazole rings is 1. The standard InChI is InChI=1S/C12H16N4O3/c1-8(2)15(5-6-17)12-13-10-4-3-9(16(18)19)7-11(10)14-12/h3-4,7-8,17H,5-6H2,1-2H3,(H,13,14). The molecule has 7 heteroatoms. The monoisotopic (exact) mass is 264 g/mol. The third-order valence-corrected chi connectivity index (χ3v) is 2.90. The minimum Gasteiger partial charge on any atom is -0.395 e. The van der Waals surface area contributed by atoms with Crippen LogP contribution in [-0.2, 0) is 0 Å². The molecule has 0 amide bonds. The third kappa shape index (κ3) is 2.65. The number of nitrogens with one attached hydrogen (secondary N) is 1. The fourth-order valence-corrected chi connectivity index (χ4v) is 1.95. The molecular formula is C12H16N4O3. The average molecular weight is 264 g/mol. The minimum absolute atomic E-state index is 0.0232. The summed E-state index contributed by atoms with van der Waals surface area (Å²) in [4.78, 5) is 19.6. The lowest BCUT2D eigenvalue weighted by molar-refractivity contribution is -0.384. The summed E-state index contributed by atoms with van der Waals surface area (Å²) < 4.78 is 0. The number of nitrogens with zero attached hydrogens (tertiary/aromatic N) is 3. The van der Waals surface area contributed by atoms with Crippen molar-refractivity contribution < 1.29 is 10.0 Å². The van der Waals surface area contributed by atoms with Gasteiger partial charge >= 0.3 is 0 Å². The Bertz CT molecular complexity index is 594. The van der Waals surface area contributed by atoms with Gasteiger partial charge in [-0.15, -0.1) is 0 Å². The van der Waals surface area contributed by atoms with E-state index in [1.54, 1.807) is 6.07 Å². The highest BCUT2D eigenvalue weighted by molar-refractivity contribution is 5.80. The molecule has 0 unspecified atom stereocenters. The Morgan fingerprint density at radius 1 is 1.53 bits per heavy atom. The van der Waals surface area contributed by atoms with Gasteiger partial charge in [0.15, 0.2) is 0 Å². The van der Waals surface area contributed by atoms with Crippen LogP contribution in [0.3, 0.4) is 0 Å². The number of anilines is 1. The predicted molar refractivity (Wildman–Crippen MR) is 72.3 cm³/mol. The van der Waals surface area contributed by atoms with Crippen LogP contribution in [0.5, 0.6) is 0 Å².